The van der Waals surface area contributed by atoms with Gasteiger partial charge in [-0.3, -0.25) is 4.79 Å². The van der Waals surface area contributed by atoms with Gasteiger partial charge in [0, 0.05) is 43.3 Å². The van der Waals surface area contributed by atoms with E-state index in [-0.39, 0.29) is 5.91 Å². The van der Waals surface area contributed by atoms with E-state index < -0.39 is 17.4 Å². The van der Waals surface area contributed by atoms with Crippen LogP contribution < -0.4 is 0 Å². The summed E-state index contributed by atoms with van der Waals surface area (Å²) in [7, 11) is 0. The second-order valence-corrected chi connectivity index (χ2v) is 7.54. The zero-order chi connectivity index (χ0) is 19.3. The molecule has 1 spiro atoms. The van der Waals surface area contributed by atoms with Gasteiger partial charge in [-0.1, -0.05) is 0 Å². The number of halogens is 2. The number of fused-ring (bicyclic) bond motifs is 1. The van der Waals surface area contributed by atoms with Crippen molar-refractivity contribution in [1.82, 2.24) is 14.7 Å². The molecule has 1 aromatic carbocycles. The van der Waals surface area contributed by atoms with Crippen molar-refractivity contribution in [2.45, 2.75) is 37.9 Å². The Morgan fingerprint density at radius 1 is 1.07 bits per heavy atom. The molecule has 2 fully saturated rings. The van der Waals surface area contributed by atoms with Gasteiger partial charge in [-0.15, -0.1) is 0 Å². The van der Waals surface area contributed by atoms with Crippen LogP contribution in [0.2, 0.25) is 0 Å². The van der Waals surface area contributed by atoms with Crippen LogP contribution in [0.4, 0.5) is 8.78 Å². The molecule has 2 aromatic rings. The minimum atomic E-state index is -0.925. The zero-order valence-corrected chi connectivity index (χ0v) is 15.4. The largest absolute Gasteiger partial charge is 0.347 e. The number of carbonyl (C=O) groups excluding carboxylic acids is 1. The van der Waals surface area contributed by atoms with Crippen molar-refractivity contribution < 1.29 is 23.0 Å². The molecule has 2 saturated heterocycles. The normalized spacial score (nSPS) is 20.7. The van der Waals surface area contributed by atoms with E-state index in [4.69, 9.17) is 9.47 Å². The predicted octanol–water partition coefficient (Wildman–Crippen LogP) is 2.62. The lowest BCUT2D eigenvalue weighted by Gasteiger charge is -2.37. The van der Waals surface area contributed by atoms with Crippen molar-refractivity contribution >= 4 is 5.91 Å². The lowest BCUT2D eigenvalue weighted by molar-refractivity contribution is -0.181. The van der Waals surface area contributed by atoms with Gasteiger partial charge < -0.3 is 14.4 Å². The highest BCUT2D eigenvalue weighted by atomic mass is 19.2. The summed E-state index contributed by atoms with van der Waals surface area (Å²) in [6.45, 7) is 2.29. The standard InChI is InChI=1S/C20H21F2N3O3/c21-15-5-4-13(12-16(15)22)25-17-3-1-2-14(17)18(23-25)19(26)24-8-6-20(7-9-24)27-10-11-28-20/h4-5,12H,1-3,6-11H2. The molecular weight excluding hydrogens is 368 g/mol. The third-order valence-electron chi connectivity index (χ3n) is 5.91. The van der Waals surface area contributed by atoms with Gasteiger partial charge in [-0.05, 0) is 31.4 Å². The molecule has 28 heavy (non-hydrogen) atoms. The number of aromatic nitrogens is 2. The summed E-state index contributed by atoms with van der Waals surface area (Å²) < 4.78 is 40.0. The van der Waals surface area contributed by atoms with Crippen molar-refractivity contribution in [3.8, 4) is 5.69 Å². The first kappa shape index (κ1) is 17.8. The topological polar surface area (TPSA) is 56.6 Å². The van der Waals surface area contributed by atoms with Crippen molar-refractivity contribution in [3.05, 3.63) is 46.8 Å². The molecule has 0 atom stereocenters. The van der Waals surface area contributed by atoms with Crippen LogP contribution in [0.15, 0.2) is 18.2 Å². The summed E-state index contributed by atoms with van der Waals surface area (Å²) in [5.74, 6) is -2.48. The van der Waals surface area contributed by atoms with E-state index in [0.717, 1.165) is 42.7 Å². The highest BCUT2D eigenvalue weighted by molar-refractivity contribution is 5.94. The zero-order valence-electron chi connectivity index (χ0n) is 15.4. The number of rotatable bonds is 2. The number of nitrogens with zero attached hydrogens (tertiary/aromatic N) is 3. The van der Waals surface area contributed by atoms with Crippen molar-refractivity contribution in [2.75, 3.05) is 26.3 Å². The molecule has 0 saturated carbocycles. The fraction of sp³-hybridized carbons (Fsp3) is 0.500. The molecule has 1 amide bonds. The van der Waals surface area contributed by atoms with Crippen LogP contribution in [-0.4, -0.2) is 52.7 Å². The highest BCUT2D eigenvalue weighted by Gasteiger charge is 2.41. The Hall–Kier alpha value is -2.32. The van der Waals surface area contributed by atoms with Crippen LogP contribution in [-0.2, 0) is 22.3 Å². The van der Waals surface area contributed by atoms with Crippen LogP contribution in [0.5, 0.6) is 0 Å². The Labute approximate surface area is 161 Å². The minimum absolute atomic E-state index is 0.118. The van der Waals surface area contributed by atoms with Gasteiger partial charge in [0.05, 0.1) is 18.9 Å². The second kappa shape index (κ2) is 6.63. The second-order valence-electron chi connectivity index (χ2n) is 7.54. The van der Waals surface area contributed by atoms with E-state index in [1.54, 1.807) is 9.58 Å². The van der Waals surface area contributed by atoms with E-state index in [1.807, 2.05) is 0 Å². The monoisotopic (exact) mass is 389 g/mol. The number of piperidine rings is 1. The lowest BCUT2D eigenvalue weighted by atomic mass is 10.0. The maximum atomic E-state index is 13.7. The Kier molecular flexibility index (Phi) is 4.21. The molecule has 5 rings (SSSR count). The summed E-state index contributed by atoms with van der Waals surface area (Å²) >= 11 is 0. The maximum absolute atomic E-state index is 13.7. The number of benzene rings is 1. The van der Waals surface area contributed by atoms with E-state index in [0.29, 0.717) is 50.5 Å². The molecule has 6 nitrogen and oxygen atoms in total. The number of hydrogen-bond acceptors (Lipinski definition) is 4. The van der Waals surface area contributed by atoms with Gasteiger partial charge in [0.2, 0.25) is 0 Å². The van der Waals surface area contributed by atoms with Crippen LogP contribution in [0.1, 0.15) is 41.0 Å². The molecule has 148 valence electrons. The van der Waals surface area contributed by atoms with Crippen LogP contribution in [0.3, 0.4) is 0 Å². The number of likely N-dealkylation sites (tertiary alicyclic amines) is 1. The molecule has 1 aromatic heterocycles. The number of ether oxygens (including phenoxy) is 2. The van der Waals surface area contributed by atoms with Gasteiger partial charge in [0.1, 0.15) is 0 Å². The maximum Gasteiger partial charge on any atom is 0.274 e. The first-order valence-corrected chi connectivity index (χ1v) is 9.70. The van der Waals surface area contributed by atoms with E-state index in [1.165, 1.54) is 6.07 Å². The molecule has 3 heterocycles. The van der Waals surface area contributed by atoms with Crippen molar-refractivity contribution in [3.63, 3.8) is 0 Å². The van der Waals surface area contributed by atoms with Crippen LogP contribution in [0, 0.1) is 11.6 Å². The van der Waals surface area contributed by atoms with E-state index in [2.05, 4.69) is 5.10 Å². The summed E-state index contributed by atoms with van der Waals surface area (Å²) in [4.78, 5) is 14.9. The van der Waals surface area contributed by atoms with Crippen LogP contribution in [0.25, 0.3) is 5.69 Å². The smallest absolute Gasteiger partial charge is 0.274 e. The summed E-state index contributed by atoms with van der Waals surface area (Å²) in [5.41, 5.74) is 2.68. The third-order valence-corrected chi connectivity index (χ3v) is 5.91. The Bertz CT molecular complexity index is 927. The molecule has 0 N–H and O–H groups in total. The first-order chi connectivity index (χ1) is 13.6. The van der Waals surface area contributed by atoms with Gasteiger partial charge in [0.25, 0.3) is 5.91 Å². The van der Waals surface area contributed by atoms with Gasteiger partial charge in [-0.2, -0.15) is 5.10 Å². The van der Waals surface area contributed by atoms with Gasteiger partial charge >= 0.3 is 0 Å². The fourth-order valence-corrected chi connectivity index (χ4v) is 4.43. The molecule has 0 unspecified atom stereocenters. The average molecular weight is 389 g/mol. The number of amides is 1. The average Bonchev–Trinajstić information content (AvgIpc) is 3.41. The van der Waals surface area contributed by atoms with E-state index in [9.17, 15) is 13.6 Å². The molecular formula is C20H21F2N3O3. The third kappa shape index (κ3) is 2.82. The fourth-order valence-electron chi connectivity index (χ4n) is 4.43. The lowest BCUT2D eigenvalue weighted by Crippen LogP contribution is -2.47. The SMILES string of the molecule is O=C(c1nn(-c2ccc(F)c(F)c2)c2c1CCC2)N1CCC2(CC1)OCCO2. The molecule has 8 heteroatoms. The van der Waals surface area contributed by atoms with Gasteiger partial charge in [-0.25, -0.2) is 13.5 Å². The van der Waals surface area contributed by atoms with Crippen molar-refractivity contribution in [2.24, 2.45) is 0 Å². The molecule has 0 radical (unpaired) electrons. The summed E-state index contributed by atoms with van der Waals surface area (Å²) in [6.07, 6.45) is 3.74. The van der Waals surface area contributed by atoms with Crippen LogP contribution >= 0.6 is 0 Å². The first-order valence-electron chi connectivity index (χ1n) is 9.70. The molecule has 1 aliphatic carbocycles. The Balaban J connectivity index is 1.43. The Morgan fingerprint density at radius 3 is 2.54 bits per heavy atom. The quantitative estimate of drug-likeness (QED) is 0.792. The summed E-state index contributed by atoms with van der Waals surface area (Å²) in [5, 5.41) is 4.51. The van der Waals surface area contributed by atoms with Gasteiger partial charge in [0.15, 0.2) is 23.1 Å². The minimum Gasteiger partial charge on any atom is -0.347 e. The highest BCUT2D eigenvalue weighted by Crippen LogP contribution is 2.33. The predicted molar refractivity (Wildman–Crippen MR) is 95.3 cm³/mol. The number of carbonyl (C=O) groups is 1. The summed E-state index contributed by atoms with van der Waals surface area (Å²) in [6, 6.07) is 3.69. The molecule has 2 aliphatic heterocycles. The number of hydrogen-bond donors (Lipinski definition) is 0. The molecule has 0 bridgehead atoms. The van der Waals surface area contributed by atoms with E-state index >= 15 is 0 Å². The van der Waals surface area contributed by atoms with Crippen molar-refractivity contribution in [1.29, 1.82) is 0 Å². The molecule has 3 aliphatic rings. The Morgan fingerprint density at radius 2 is 1.82 bits per heavy atom.